The minimum Gasteiger partial charge on any atom is -0.870 e. The van der Waals surface area contributed by atoms with Crippen LogP contribution in [0.1, 0.15) is 18.9 Å². The first kappa shape index (κ1) is 13.3. The summed E-state index contributed by atoms with van der Waals surface area (Å²) in [6.45, 7) is 2.04. The molecule has 1 rings (SSSR count). The molecule has 0 radical (unpaired) electrons. The minimum absolute atomic E-state index is 0. The summed E-state index contributed by atoms with van der Waals surface area (Å²) < 4.78 is 0. The van der Waals surface area contributed by atoms with Gasteiger partial charge in [0.1, 0.15) is 0 Å². The zero-order valence-corrected chi connectivity index (χ0v) is 11.2. The van der Waals surface area contributed by atoms with E-state index in [4.69, 9.17) is 0 Å². The van der Waals surface area contributed by atoms with E-state index in [2.05, 4.69) is 0 Å². The van der Waals surface area contributed by atoms with Crippen molar-refractivity contribution in [2.45, 2.75) is 19.8 Å². The molecule has 0 aliphatic rings. The second-order valence-corrected chi connectivity index (χ2v) is 2.72. The molecule has 0 N–H and O–H groups in total. The molecule has 0 bridgehead atoms. The Bertz CT molecular complexity index is 323. The van der Waals surface area contributed by atoms with Gasteiger partial charge in [-0.25, -0.2) is 0 Å². The minimum atomic E-state index is -0.433. The van der Waals surface area contributed by atoms with Crippen LogP contribution in [0.3, 0.4) is 0 Å². The van der Waals surface area contributed by atoms with Crippen LogP contribution >= 0.6 is 0 Å². The zero-order valence-electron chi connectivity index (χ0n) is 8.04. The van der Waals surface area contributed by atoms with E-state index < -0.39 is 11.2 Å². The quantitative estimate of drug-likeness (QED) is 0.524. The van der Waals surface area contributed by atoms with Crippen molar-refractivity contribution in [2.24, 2.45) is 0 Å². The molecule has 0 saturated carbocycles. The van der Waals surface area contributed by atoms with Gasteiger partial charge in [0.2, 0.25) is 0 Å². The predicted octanol–water partition coefficient (Wildman–Crippen LogP) is -1.92. The average Bonchev–Trinajstić information content (AvgIpc) is 2.16. The summed E-state index contributed by atoms with van der Waals surface area (Å²) in [5, 5.41) is 11.0. The largest absolute Gasteiger partial charge is 1.00 e. The van der Waals surface area contributed by atoms with Crippen molar-refractivity contribution >= 4 is 0 Å². The van der Waals surface area contributed by atoms with Gasteiger partial charge in [-0.3, -0.25) is 4.79 Å². The Morgan fingerprint density at radius 2 is 2.08 bits per heavy atom. The van der Waals surface area contributed by atoms with Crippen LogP contribution in [0, 0.1) is 0 Å². The van der Waals surface area contributed by atoms with E-state index in [-0.39, 0.29) is 51.4 Å². The second-order valence-electron chi connectivity index (χ2n) is 2.72. The Hall–Kier alpha value is 0.326. The van der Waals surface area contributed by atoms with Gasteiger partial charge in [-0.2, -0.15) is 0 Å². The van der Waals surface area contributed by atoms with Gasteiger partial charge < -0.3 is 5.11 Å². The molecule has 0 amide bonds. The maximum absolute atomic E-state index is 11.0. The van der Waals surface area contributed by atoms with Gasteiger partial charge in [-0.1, -0.05) is 37.3 Å². The van der Waals surface area contributed by atoms with E-state index in [1.807, 2.05) is 13.0 Å². The second kappa shape index (κ2) is 6.73. The molecule has 1 aromatic rings. The molecule has 0 heterocycles. The van der Waals surface area contributed by atoms with Gasteiger partial charge in [0.25, 0.3) is 0 Å². The number of rotatable bonds is 2. The van der Waals surface area contributed by atoms with Crippen molar-refractivity contribution in [3.05, 3.63) is 40.1 Å². The van der Waals surface area contributed by atoms with Crippen molar-refractivity contribution in [1.29, 1.82) is 0 Å². The number of aryl methyl sites for hydroxylation is 1. The summed E-state index contributed by atoms with van der Waals surface area (Å²) in [5.74, 6) is -0.413. The average molecular weight is 202 g/mol. The van der Waals surface area contributed by atoms with Crippen molar-refractivity contribution < 1.29 is 56.5 Å². The first-order chi connectivity index (χ1) is 5.74. The van der Waals surface area contributed by atoms with Crippen molar-refractivity contribution in [3.8, 4) is 5.75 Å². The normalized spacial score (nSPS) is 9.00. The van der Waals surface area contributed by atoms with Gasteiger partial charge in [0, 0.05) is 0 Å². The molecule has 0 atom stereocenters. The van der Waals surface area contributed by atoms with E-state index >= 15 is 0 Å². The van der Waals surface area contributed by atoms with Crippen LogP contribution in [0.2, 0.25) is 0 Å². The van der Waals surface area contributed by atoms with Crippen LogP contribution in [0.15, 0.2) is 29.1 Å². The van der Waals surface area contributed by atoms with Gasteiger partial charge in [-0.05, 0) is 18.1 Å². The summed E-state index contributed by atoms with van der Waals surface area (Å²) in [6.07, 6.45) is 1.83. The summed E-state index contributed by atoms with van der Waals surface area (Å²) in [4.78, 5) is 10.9. The molecule has 13 heavy (non-hydrogen) atoms. The third-order valence-corrected chi connectivity index (χ3v) is 1.66. The molecule has 1 aromatic carbocycles. The van der Waals surface area contributed by atoms with Crippen LogP contribution in [-0.4, -0.2) is 0 Å². The molecular weight excluding hydrogens is 191 g/mol. The third kappa shape index (κ3) is 4.38. The Balaban J connectivity index is 0.00000144. The standard InChI is InChI=1S/C10H12O2.K/c1-2-4-8-5-3-6-9(11)10(12)7-8;/h3,5-7H,2,4H2,1H3,(H,11,12);/q;+1/p-1. The Morgan fingerprint density at radius 3 is 2.69 bits per heavy atom. The van der Waals surface area contributed by atoms with E-state index in [9.17, 15) is 9.90 Å². The number of hydrogen-bond acceptors (Lipinski definition) is 2. The molecule has 0 saturated heterocycles. The fourth-order valence-corrected chi connectivity index (χ4v) is 1.07. The monoisotopic (exact) mass is 202 g/mol. The summed E-state index contributed by atoms with van der Waals surface area (Å²) in [7, 11) is 0. The number of hydrogen-bond donors (Lipinski definition) is 0. The van der Waals surface area contributed by atoms with E-state index in [0.717, 1.165) is 18.4 Å². The van der Waals surface area contributed by atoms with Crippen LogP contribution in [-0.2, 0) is 6.42 Å². The molecule has 0 aliphatic carbocycles. The SMILES string of the molecule is CCCc1cccc(=O)c([O-])c1.[K+]. The van der Waals surface area contributed by atoms with Gasteiger partial charge in [-0.15, -0.1) is 0 Å². The summed E-state index contributed by atoms with van der Waals surface area (Å²) >= 11 is 0. The molecule has 0 unspecified atom stereocenters. The molecule has 2 nitrogen and oxygen atoms in total. The predicted molar refractivity (Wildman–Crippen MR) is 46.2 cm³/mol. The maximum Gasteiger partial charge on any atom is 1.00 e. The maximum atomic E-state index is 11.0. The van der Waals surface area contributed by atoms with Crippen molar-refractivity contribution in [3.63, 3.8) is 0 Å². The molecule has 0 aromatic heterocycles. The Morgan fingerprint density at radius 1 is 1.38 bits per heavy atom. The van der Waals surface area contributed by atoms with Crippen LogP contribution in [0.4, 0.5) is 0 Å². The van der Waals surface area contributed by atoms with Crippen molar-refractivity contribution in [1.82, 2.24) is 0 Å². The fourth-order valence-electron chi connectivity index (χ4n) is 1.07. The Labute approximate surface area is 120 Å². The van der Waals surface area contributed by atoms with Gasteiger partial charge >= 0.3 is 51.4 Å². The van der Waals surface area contributed by atoms with E-state index in [1.165, 1.54) is 12.1 Å². The summed E-state index contributed by atoms with van der Waals surface area (Å²) in [5.41, 5.74) is 0.502. The first-order valence-corrected chi connectivity index (χ1v) is 4.04. The van der Waals surface area contributed by atoms with Crippen LogP contribution < -0.4 is 61.9 Å². The molecule has 0 fully saturated rings. The van der Waals surface area contributed by atoms with Gasteiger partial charge in [0.15, 0.2) is 5.43 Å². The molecule has 0 aliphatic heterocycles. The van der Waals surface area contributed by atoms with Crippen molar-refractivity contribution in [2.75, 3.05) is 0 Å². The fraction of sp³-hybridized carbons (Fsp3) is 0.300. The molecular formula is C10H11KO2. The van der Waals surface area contributed by atoms with E-state index in [0.29, 0.717) is 0 Å². The summed E-state index contributed by atoms with van der Waals surface area (Å²) in [6, 6.07) is 6.17. The topological polar surface area (TPSA) is 40.1 Å². The smallest absolute Gasteiger partial charge is 0.870 e. The van der Waals surface area contributed by atoms with E-state index in [1.54, 1.807) is 6.07 Å². The third-order valence-electron chi connectivity index (χ3n) is 1.66. The first-order valence-electron chi connectivity index (χ1n) is 4.04. The van der Waals surface area contributed by atoms with Crippen LogP contribution in [0.25, 0.3) is 0 Å². The van der Waals surface area contributed by atoms with Crippen LogP contribution in [0.5, 0.6) is 5.75 Å². The van der Waals surface area contributed by atoms with Gasteiger partial charge in [0.05, 0.1) is 0 Å². The zero-order chi connectivity index (χ0) is 8.97. The molecule has 64 valence electrons. The molecule has 3 heteroatoms. The Kier molecular flexibility index (Phi) is 6.90. The molecule has 0 spiro atoms.